The number of hydrogen-bond donors (Lipinski definition) is 5. The number of methoxy groups -OCH3 is 1. The van der Waals surface area contributed by atoms with Crippen LogP contribution in [-0.4, -0.2) is 84.6 Å². The summed E-state index contributed by atoms with van der Waals surface area (Å²) in [7, 11) is 1.27. The van der Waals surface area contributed by atoms with Crippen molar-refractivity contribution in [3.8, 4) is 0 Å². The molecule has 0 aliphatic carbocycles. The average Bonchev–Trinajstić information content (AvgIpc) is 3.83. The van der Waals surface area contributed by atoms with Crippen LogP contribution in [-0.2, 0) is 34.7 Å². The Bertz CT molecular complexity index is 1940. The summed E-state index contributed by atoms with van der Waals surface area (Å²) in [5.41, 5.74) is 12.5. The quantitative estimate of drug-likeness (QED) is 0.0630. The van der Waals surface area contributed by atoms with E-state index in [-0.39, 0.29) is 80.5 Å². The second-order valence-electron chi connectivity index (χ2n) is 14.3. The zero-order chi connectivity index (χ0) is 39.4. The summed E-state index contributed by atoms with van der Waals surface area (Å²) in [5.74, 6) is -2.17. The molecule has 0 aromatic rings. The summed E-state index contributed by atoms with van der Waals surface area (Å²) in [6.07, 6.45) is 5.41. The van der Waals surface area contributed by atoms with Crippen LogP contribution in [0.3, 0.4) is 0 Å². The topological polar surface area (TPSA) is 229 Å². The Hall–Kier alpha value is -4.26. The molecule has 8 bridgehead atoms. The Kier molecular flexibility index (Phi) is 14.7. The van der Waals surface area contributed by atoms with Crippen molar-refractivity contribution in [3.05, 3.63) is 80.3 Å². The van der Waals surface area contributed by atoms with Crippen molar-refractivity contribution < 1.29 is 55.2 Å². The van der Waals surface area contributed by atoms with Crippen LogP contribution in [0.25, 0.3) is 0 Å². The molecule has 0 spiro atoms. The van der Waals surface area contributed by atoms with Crippen LogP contribution < -0.4 is 26.6 Å². The fraction of sp³-hybridized carbons (Fsp3) is 0.500. The zero-order valence-corrected chi connectivity index (χ0v) is 33.9. The van der Waals surface area contributed by atoms with Crippen LogP contribution in [0, 0.1) is 23.7 Å². The molecular formula is C40H51N7O7Pd. The van der Waals surface area contributed by atoms with Crippen molar-refractivity contribution in [2.75, 3.05) is 33.4 Å². The van der Waals surface area contributed by atoms with Crippen LogP contribution in [0.1, 0.15) is 67.2 Å². The number of aliphatic imine (C=N–C) groups is 4. The molecule has 5 atom stereocenters. The fourth-order valence-electron chi connectivity index (χ4n) is 7.68. The number of allylic oxidation sites excluding steroid dienone is 10. The van der Waals surface area contributed by atoms with Gasteiger partial charge >= 0.3 is 26.4 Å². The molecule has 14 nitrogen and oxygen atoms in total. The monoisotopic (exact) mass is 847 g/mol. The summed E-state index contributed by atoms with van der Waals surface area (Å²) < 4.78 is 5.15. The number of nitrogens with zero attached hydrogens (tertiary/aromatic N) is 4. The molecule has 0 saturated carbocycles. The second kappa shape index (κ2) is 18.6. The number of aliphatic hydroxyl groups is 2. The maximum atomic E-state index is 14.0. The molecule has 1 amide bonds. The Balaban J connectivity index is 0.00000673. The third kappa shape index (κ3) is 9.08. The van der Waals surface area contributed by atoms with Gasteiger partial charge in [0.1, 0.15) is 0 Å². The largest absolute Gasteiger partial charge is 2.00 e. The number of rotatable bonds is 12. The van der Waals surface area contributed by atoms with Gasteiger partial charge in [0.05, 0.1) is 61.3 Å². The first kappa shape index (κ1) is 43.5. The van der Waals surface area contributed by atoms with Gasteiger partial charge in [0, 0.05) is 71.4 Å². The van der Waals surface area contributed by atoms with E-state index >= 15 is 0 Å². The van der Waals surface area contributed by atoms with E-state index in [1.165, 1.54) is 14.0 Å². The van der Waals surface area contributed by atoms with Gasteiger partial charge in [-0.25, -0.2) is 9.98 Å². The Labute approximate surface area is 336 Å². The van der Waals surface area contributed by atoms with Gasteiger partial charge < -0.3 is 41.5 Å². The second-order valence-corrected chi connectivity index (χ2v) is 14.3. The average molecular weight is 848 g/mol. The molecule has 0 aromatic carbocycles. The molecule has 1 unspecified atom stereocenters. The molecule has 6 N–H and O–H groups in total. The first-order chi connectivity index (χ1) is 25.7. The Morgan fingerprint density at radius 1 is 1.05 bits per heavy atom. The molecule has 0 radical (unpaired) electrons. The number of fused-ring (bicyclic) bond motifs is 5. The van der Waals surface area contributed by atoms with Gasteiger partial charge in [-0.1, -0.05) is 27.7 Å². The standard InChI is InChI=1S/C40H53N7O7.Pd/c1-8-25-19(2)28-16-33-36(23(6)49)21(4)30(45-33)14-29-20(3)26(9-10-34(51)42-12-11-41)38(46-29)27(13-35(52)54-7)39-37(40(53)43-17-24(50)18-48)22(5)31(47-39)15-32(25)44-28;/h14-16,19-20,24-26,44,48-50H,8-13,17-18,41H2,1-7H3,(H,42,51)(H,43,53);/q;+2/p-2/b28-16?,29-14?,32-15?,36-23+,39-27?;/t19-,20+,24?,25-,26+;/m1./s1. The van der Waals surface area contributed by atoms with E-state index in [2.05, 4.69) is 29.5 Å². The number of hydrogen-bond acceptors (Lipinski definition) is 13. The van der Waals surface area contributed by atoms with Crippen LogP contribution >= 0.6 is 0 Å². The number of nitrogens with one attached hydrogen (secondary N) is 2. The molecule has 298 valence electrons. The van der Waals surface area contributed by atoms with Crippen LogP contribution in [0.4, 0.5) is 0 Å². The van der Waals surface area contributed by atoms with Gasteiger partial charge in [-0.15, -0.1) is 5.76 Å². The third-order valence-electron chi connectivity index (χ3n) is 10.8. The Morgan fingerprint density at radius 2 is 1.76 bits per heavy atom. The van der Waals surface area contributed by atoms with Gasteiger partial charge in [-0.3, -0.25) is 19.6 Å². The van der Waals surface area contributed by atoms with Crippen molar-refractivity contribution in [2.24, 2.45) is 49.4 Å². The van der Waals surface area contributed by atoms with Crippen LogP contribution in [0.5, 0.6) is 0 Å². The van der Waals surface area contributed by atoms with Crippen molar-refractivity contribution in [3.63, 3.8) is 0 Å². The molecule has 5 heterocycles. The van der Waals surface area contributed by atoms with Gasteiger partial charge in [0.15, 0.2) is 0 Å². The number of amides is 1. The molecule has 5 aliphatic heterocycles. The molecule has 15 heteroatoms. The molecule has 5 rings (SSSR count). The number of ether oxygens (including phenoxy) is 1. The number of carbonyl (C=O) groups is 2. The SMILES string of the molecule is CC[C@H]1C2=CC3=NC(=C(CC(=O)OC)C4=NC(=CC5=C(C)/C(=C(/C)[O-])C(=N5)C=C(N2)[C@@H]1C)[C@@H](C)[C@@H]4CCC(=O)NCCN)C(C([O-])=NCC(O)CO)=C3C.[Pd+2]. The molecule has 1 saturated heterocycles. The van der Waals surface area contributed by atoms with Crippen molar-refractivity contribution in [1.29, 1.82) is 0 Å². The smallest absolute Gasteiger partial charge is 0.875 e. The Morgan fingerprint density at radius 3 is 2.40 bits per heavy atom. The number of nitrogens with two attached hydrogens (primary N) is 1. The fourth-order valence-corrected chi connectivity index (χ4v) is 7.68. The van der Waals surface area contributed by atoms with Gasteiger partial charge in [0.2, 0.25) is 5.91 Å². The van der Waals surface area contributed by atoms with E-state index in [9.17, 15) is 30.0 Å². The van der Waals surface area contributed by atoms with Crippen LogP contribution in [0.15, 0.2) is 100 Å². The molecule has 0 aromatic heterocycles. The number of esters is 1. The normalized spacial score (nSPS) is 25.0. The first-order valence-corrected chi connectivity index (χ1v) is 18.5. The van der Waals surface area contributed by atoms with Crippen molar-refractivity contribution in [2.45, 2.75) is 73.3 Å². The van der Waals surface area contributed by atoms with E-state index < -0.39 is 30.5 Å². The first-order valence-electron chi connectivity index (χ1n) is 18.5. The zero-order valence-electron chi connectivity index (χ0n) is 32.4. The maximum absolute atomic E-state index is 14.0. The predicted octanol–water partition coefficient (Wildman–Crippen LogP) is 1.54. The van der Waals surface area contributed by atoms with Crippen LogP contribution in [0.2, 0.25) is 0 Å². The van der Waals surface area contributed by atoms with Crippen molar-refractivity contribution in [1.82, 2.24) is 10.6 Å². The molecule has 55 heavy (non-hydrogen) atoms. The third-order valence-corrected chi connectivity index (χ3v) is 10.8. The summed E-state index contributed by atoms with van der Waals surface area (Å²) in [6, 6.07) is 0. The molecule has 1 fully saturated rings. The summed E-state index contributed by atoms with van der Waals surface area (Å²) in [6.45, 7) is 11.0. The van der Waals surface area contributed by atoms with E-state index in [1.54, 1.807) is 6.92 Å². The number of carbonyl (C=O) groups excluding carboxylic acids is 2. The maximum Gasteiger partial charge on any atom is 2.00 e. The minimum absolute atomic E-state index is 0. The minimum Gasteiger partial charge on any atom is -0.875 e. The van der Waals surface area contributed by atoms with Gasteiger partial charge in [-0.05, 0) is 67.5 Å². The van der Waals surface area contributed by atoms with E-state index in [0.29, 0.717) is 70.3 Å². The van der Waals surface area contributed by atoms with E-state index in [4.69, 9.17) is 25.4 Å². The number of aliphatic hydroxyl groups excluding tert-OH is 2. The summed E-state index contributed by atoms with van der Waals surface area (Å²) in [4.78, 5) is 45.3. The molecule has 5 aliphatic rings. The van der Waals surface area contributed by atoms with Gasteiger partial charge in [-0.2, -0.15) is 0 Å². The summed E-state index contributed by atoms with van der Waals surface area (Å²) >= 11 is 0. The molecular weight excluding hydrogens is 797 g/mol. The summed E-state index contributed by atoms with van der Waals surface area (Å²) in [5, 5.41) is 53.0. The van der Waals surface area contributed by atoms with Crippen molar-refractivity contribution >= 4 is 34.9 Å². The van der Waals surface area contributed by atoms with E-state index in [1.807, 2.05) is 32.1 Å². The predicted molar refractivity (Wildman–Crippen MR) is 204 cm³/mol. The minimum atomic E-state index is -1.24. The van der Waals surface area contributed by atoms with Gasteiger partial charge in [0.25, 0.3) is 0 Å². The van der Waals surface area contributed by atoms with E-state index in [0.717, 1.165) is 17.8 Å².